The summed E-state index contributed by atoms with van der Waals surface area (Å²) >= 11 is 0. The smallest absolute Gasteiger partial charge is 0.409 e. The third-order valence-corrected chi connectivity index (χ3v) is 2.78. The number of rotatable bonds is 5. The lowest BCUT2D eigenvalue weighted by Crippen LogP contribution is -2.23. The van der Waals surface area contributed by atoms with E-state index in [-0.39, 0.29) is 11.3 Å². The van der Waals surface area contributed by atoms with Crippen LogP contribution in [0.25, 0.3) is 0 Å². The molecular weight excluding hydrogens is 264 g/mol. The van der Waals surface area contributed by atoms with Gasteiger partial charge in [0.05, 0.1) is 16.2 Å². The third kappa shape index (κ3) is 3.14. The molecule has 106 valence electrons. The van der Waals surface area contributed by atoms with E-state index in [1.807, 2.05) is 30.1 Å². The van der Waals surface area contributed by atoms with Gasteiger partial charge in [0.15, 0.2) is 0 Å². The van der Waals surface area contributed by atoms with Crippen LogP contribution in [0.4, 0.5) is 21.9 Å². The molecule has 0 fully saturated rings. The molecule has 1 amide bonds. The molecule has 8 heteroatoms. The number of anilines is 2. The molecule has 0 unspecified atom stereocenters. The molecule has 0 atom stereocenters. The minimum atomic E-state index is -1.40. The number of nitro benzene ring substituents is 1. The molecule has 1 rings (SSSR count). The van der Waals surface area contributed by atoms with E-state index in [0.717, 1.165) is 6.07 Å². The van der Waals surface area contributed by atoms with E-state index in [1.165, 1.54) is 6.07 Å². The molecule has 0 aliphatic rings. The monoisotopic (exact) mass is 278 g/mol. The minimum absolute atomic E-state index is 0.135. The Bertz CT molecular complexity index is 576. The molecule has 1 aromatic carbocycles. The summed E-state index contributed by atoms with van der Waals surface area (Å²) in [6, 6.07) is 4.30. The van der Waals surface area contributed by atoms with Gasteiger partial charge in [-0.15, -0.1) is 0 Å². The molecule has 0 heterocycles. The quantitative estimate of drug-likeness (QED) is 0.630. The number of nitriles is 1. The first-order chi connectivity index (χ1) is 9.44. The number of benzene rings is 1. The van der Waals surface area contributed by atoms with Gasteiger partial charge in [-0.25, -0.2) is 4.79 Å². The lowest BCUT2D eigenvalue weighted by atomic mass is 10.1. The molecular formula is C12H14N4O4. The highest BCUT2D eigenvalue weighted by Gasteiger charge is 2.21. The molecule has 0 spiro atoms. The molecule has 0 aliphatic heterocycles. The summed E-state index contributed by atoms with van der Waals surface area (Å²) in [6.07, 6.45) is -1.40. The number of nitrogens with zero attached hydrogens (tertiary/aromatic N) is 3. The van der Waals surface area contributed by atoms with Gasteiger partial charge in [0, 0.05) is 19.2 Å². The highest BCUT2D eigenvalue weighted by atomic mass is 16.6. The maximum atomic E-state index is 10.9. The van der Waals surface area contributed by atoms with Crippen LogP contribution in [0.1, 0.15) is 19.4 Å². The molecule has 0 radical (unpaired) electrons. The Hall–Kier alpha value is -2.82. The summed E-state index contributed by atoms with van der Waals surface area (Å²) in [7, 11) is 0. The zero-order chi connectivity index (χ0) is 15.3. The molecule has 20 heavy (non-hydrogen) atoms. The third-order valence-electron chi connectivity index (χ3n) is 2.78. The van der Waals surface area contributed by atoms with Crippen LogP contribution >= 0.6 is 0 Å². The summed E-state index contributed by atoms with van der Waals surface area (Å²) in [6.45, 7) is 4.93. The predicted octanol–water partition coefficient (Wildman–Crippen LogP) is 2.40. The van der Waals surface area contributed by atoms with E-state index in [9.17, 15) is 14.9 Å². The molecule has 0 saturated heterocycles. The zero-order valence-corrected chi connectivity index (χ0v) is 11.1. The van der Waals surface area contributed by atoms with Gasteiger partial charge in [-0.05, 0) is 19.9 Å². The minimum Gasteiger partial charge on any atom is -0.465 e. The maximum absolute atomic E-state index is 10.9. The van der Waals surface area contributed by atoms with E-state index < -0.39 is 16.7 Å². The summed E-state index contributed by atoms with van der Waals surface area (Å²) in [5.74, 6) is 0. The molecule has 2 N–H and O–H groups in total. The Morgan fingerprint density at radius 1 is 1.50 bits per heavy atom. The van der Waals surface area contributed by atoms with Gasteiger partial charge in [0.2, 0.25) is 0 Å². The Morgan fingerprint density at radius 3 is 2.50 bits per heavy atom. The van der Waals surface area contributed by atoms with Gasteiger partial charge in [-0.1, -0.05) is 0 Å². The predicted molar refractivity (Wildman–Crippen MR) is 73.0 cm³/mol. The topological polar surface area (TPSA) is 120 Å². The number of hydrogen-bond acceptors (Lipinski definition) is 5. The van der Waals surface area contributed by atoms with Crippen molar-refractivity contribution in [2.75, 3.05) is 23.3 Å². The Balaban J connectivity index is 3.49. The number of hydrogen-bond donors (Lipinski definition) is 2. The lowest BCUT2D eigenvalue weighted by Gasteiger charge is -2.22. The fraction of sp³-hybridized carbons (Fsp3) is 0.333. The van der Waals surface area contributed by atoms with Crippen molar-refractivity contribution in [1.82, 2.24) is 0 Å². The lowest BCUT2D eigenvalue weighted by molar-refractivity contribution is -0.383. The van der Waals surface area contributed by atoms with E-state index in [1.54, 1.807) is 0 Å². The van der Waals surface area contributed by atoms with Crippen LogP contribution in [-0.4, -0.2) is 29.2 Å². The highest BCUT2D eigenvalue weighted by Crippen LogP contribution is 2.33. The van der Waals surface area contributed by atoms with Crippen molar-refractivity contribution in [1.29, 1.82) is 5.26 Å². The Labute approximate surface area is 115 Å². The van der Waals surface area contributed by atoms with Crippen LogP contribution in [-0.2, 0) is 0 Å². The molecule has 0 bridgehead atoms. The van der Waals surface area contributed by atoms with Crippen molar-refractivity contribution in [3.8, 4) is 6.07 Å². The van der Waals surface area contributed by atoms with E-state index >= 15 is 0 Å². The second-order valence-corrected chi connectivity index (χ2v) is 3.86. The molecule has 0 aliphatic carbocycles. The Kier molecular flexibility index (Phi) is 4.86. The van der Waals surface area contributed by atoms with Gasteiger partial charge in [0.25, 0.3) is 5.69 Å². The first-order valence-electron chi connectivity index (χ1n) is 5.92. The average molecular weight is 278 g/mol. The van der Waals surface area contributed by atoms with E-state index in [0.29, 0.717) is 18.8 Å². The van der Waals surface area contributed by atoms with Gasteiger partial charge in [-0.3, -0.25) is 15.4 Å². The summed E-state index contributed by atoms with van der Waals surface area (Å²) in [4.78, 5) is 22.7. The first-order valence-corrected chi connectivity index (χ1v) is 5.92. The molecule has 0 aromatic heterocycles. The standard InChI is InChI=1S/C12H14N4O4/c1-3-15(4-2)10-6-9(14-12(17)18)11(16(19)20)5-8(10)7-13/h5-6,14H,3-4H2,1-2H3,(H,17,18). The summed E-state index contributed by atoms with van der Waals surface area (Å²) < 4.78 is 0. The number of carboxylic acid groups (broad SMARTS) is 1. The second kappa shape index (κ2) is 6.38. The van der Waals surface area contributed by atoms with Crippen LogP contribution < -0.4 is 10.2 Å². The van der Waals surface area contributed by atoms with Gasteiger partial charge < -0.3 is 10.0 Å². The fourth-order valence-corrected chi connectivity index (χ4v) is 1.86. The normalized spacial score (nSPS) is 9.65. The van der Waals surface area contributed by atoms with Crippen LogP contribution in [0.5, 0.6) is 0 Å². The molecule has 0 saturated carbocycles. The van der Waals surface area contributed by atoms with Crippen molar-refractivity contribution in [2.45, 2.75) is 13.8 Å². The van der Waals surface area contributed by atoms with Crippen molar-refractivity contribution in [3.63, 3.8) is 0 Å². The SMILES string of the molecule is CCN(CC)c1cc(NC(=O)O)c([N+](=O)[O-])cc1C#N. The van der Waals surface area contributed by atoms with Crippen LogP contribution in [0.2, 0.25) is 0 Å². The first kappa shape index (κ1) is 15.2. The van der Waals surface area contributed by atoms with E-state index in [2.05, 4.69) is 0 Å². The van der Waals surface area contributed by atoms with Crippen molar-refractivity contribution < 1.29 is 14.8 Å². The van der Waals surface area contributed by atoms with Crippen molar-refractivity contribution in [3.05, 3.63) is 27.8 Å². The fourth-order valence-electron chi connectivity index (χ4n) is 1.86. The highest BCUT2D eigenvalue weighted by molar-refractivity contribution is 5.89. The van der Waals surface area contributed by atoms with Crippen molar-refractivity contribution >= 4 is 23.2 Å². The second-order valence-electron chi connectivity index (χ2n) is 3.86. The maximum Gasteiger partial charge on any atom is 0.409 e. The molecule has 1 aromatic rings. The number of nitro groups is 1. The average Bonchev–Trinajstić information content (AvgIpc) is 2.39. The van der Waals surface area contributed by atoms with Crippen molar-refractivity contribution in [2.24, 2.45) is 0 Å². The van der Waals surface area contributed by atoms with Gasteiger partial charge >= 0.3 is 6.09 Å². The van der Waals surface area contributed by atoms with Crippen LogP contribution in [0.3, 0.4) is 0 Å². The summed E-state index contributed by atoms with van der Waals surface area (Å²) in [5, 5.41) is 30.8. The molecule has 8 nitrogen and oxygen atoms in total. The van der Waals surface area contributed by atoms with Gasteiger partial charge in [0.1, 0.15) is 11.8 Å². The van der Waals surface area contributed by atoms with E-state index in [4.69, 9.17) is 10.4 Å². The Morgan fingerprint density at radius 2 is 2.10 bits per heavy atom. The largest absolute Gasteiger partial charge is 0.465 e. The summed E-state index contributed by atoms with van der Waals surface area (Å²) in [5.41, 5.74) is 0.00597. The number of nitrogens with one attached hydrogen (secondary N) is 1. The zero-order valence-electron chi connectivity index (χ0n) is 11.1. The van der Waals surface area contributed by atoms with Gasteiger partial charge in [-0.2, -0.15) is 5.26 Å². The number of carbonyl (C=O) groups is 1. The van der Waals surface area contributed by atoms with Crippen LogP contribution in [0, 0.1) is 21.4 Å². The van der Waals surface area contributed by atoms with Crippen LogP contribution in [0.15, 0.2) is 12.1 Å². The number of amides is 1.